The van der Waals surface area contributed by atoms with Crippen LogP contribution in [0.1, 0.15) is 16.7 Å². The number of nitrogens with two attached hydrogens (primary N) is 1. The number of hydrogen-bond acceptors (Lipinski definition) is 4. The monoisotopic (exact) mass is 301 g/mol. The van der Waals surface area contributed by atoms with E-state index in [9.17, 15) is 8.42 Å². The van der Waals surface area contributed by atoms with Crippen LogP contribution in [0.5, 0.6) is 0 Å². The van der Waals surface area contributed by atoms with E-state index in [4.69, 9.17) is 11.0 Å². The zero-order valence-electron chi connectivity index (χ0n) is 11.5. The van der Waals surface area contributed by atoms with Gasteiger partial charge in [0.05, 0.1) is 16.5 Å². The molecule has 2 aromatic rings. The van der Waals surface area contributed by atoms with Crippen molar-refractivity contribution in [2.24, 2.45) is 0 Å². The highest BCUT2D eigenvalue weighted by Gasteiger charge is 2.14. The van der Waals surface area contributed by atoms with Crippen molar-refractivity contribution < 1.29 is 8.42 Å². The summed E-state index contributed by atoms with van der Waals surface area (Å²) in [6, 6.07) is 13.4. The number of sulfonamides is 1. The molecule has 0 aliphatic rings. The van der Waals surface area contributed by atoms with Crippen molar-refractivity contribution in [3.63, 3.8) is 0 Å². The van der Waals surface area contributed by atoms with Crippen molar-refractivity contribution in [2.75, 3.05) is 5.73 Å². The van der Waals surface area contributed by atoms with Gasteiger partial charge in [-0.15, -0.1) is 0 Å². The largest absolute Gasteiger partial charge is 0.399 e. The van der Waals surface area contributed by atoms with Crippen molar-refractivity contribution in [3.8, 4) is 6.07 Å². The third kappa shape index (κ3) is 3.60. The first-order valence-electron chi connectivity index (χ1n) is 6.27. The standard InChI is InChI=1S/C15H15N3O2S/c1-11-7-15(6-5-13(11)9-16)21(19,20)18-10-12-3-2-4-14(17)8-12/h2-8,18H,10,17H2,1H3. The maximum absolute atomic E-state index is 12.2. The Kier molecular flexibility index (Phi) is 4.26. The minimum absolute atomic E-state index is 0.142. The van der Waals surface area contributed by atoms with E-state index in [-0.39, 0.29) is 11.4 Å². The first kappa shape index (κ1) is 15.0. The molecule has 0 aliphatic carbocycles. The predicted octanol–water partition coefficient (Wildman–Crippen LogP) is 1.93. The molecular weight excluding hydrogens is 286 g/mol. The summed E-state index contributed by atoms with van der Waals surface area (Å²) < 4.78 is 27.0. The molecule has 0 bridgehead atoms. The summed E-state index contributed by atoms with van der Waals surface area (Å²) in [7, 11) is -3.62. The van der Waals surface area contributed by atoms with Gasteiger partial charge < -0.3 is 5.73 Å². The molecule has 3 N–H and O–H groups in total. The van der Waals surface area contributed by atoms with Crippen molar-refractivity contribution >= 4 is 15.7 Å². The molecule has 2 rings (SSSR count). The highest BCUT2D eigenvalue weighted by molar-refractivity contribution is 7.89. The van der Waals surface area contributed by atoms with Gasteiger partial charge in [0, 0.05) is 12.2 Å². The van der Waals surface area contributed by atoms with Crippen LogP contribution in [0.3, 0.4) is 0 Å². The van der Waals surface area contributed by atoms with E-state index in [1.165, 1.54) is 18.2 Å². The van der Waals surface area contributed by atoms with Crippen LogP contribution < -0.4 is 10.5 Å². The van der Waals surface area contributed by atoms with Gasteiger partial charge in [-0.25, -0.2) is 13.1 Å². The summed E-state index contributed by atoms with van der Waals surface area (Å²) in [6.45, 7) is 1.86. The van der Waals surface area contributed by atoms with Crippen molar-refractivity contribution in [1.82, 2.24) is 4.72 Å². The fourth-order valence-electron chi connectivity index (χ4n) is 1.89. The average molecular weight is 301 g/mol. The summed E-state index contributed by atoms with van der Waals surface area (Å²) in [5.41, 5.74) is 8.11. The number of hydrogen-bond donors (Lipinski definition) is 2. The number of nitrogens with zero attached hydrogens (tertiary/aromatic N) is 1. The molecule has 6 heteroatoms. The van der Waals surface area contributed by atoms with E-state index < -0.39 is 10.0 Å². The van der Waals surface area contributed by atoms with E-state index in [1.807, 2.05) is 6.07 Å². The fourth-order valence-corrected chi connectivity index (χ4v) is 3.00. The third-order valence-electron chi connectivity index (χ3n) is 3.05. The number of rotatable bonds is 4. The topological polar surface area (TPSA) is 96.0 Å². The molecule has 0 radical (unpaired) electrons. The molecule has 108 valence electrons. The predicted molar refractivity (Wildman–Crippen MR) is 80.8 cm³/mol. The second kappa shape index (κ2) is 5.95. The lowest BCUT2D eigenvalue weighted by Crippen LogP contribution is -2.23. The summed E-state index contributed by atoms with van der Waals surface area (Å²) in [4.78, 5) is 0.142. The fraction of sp³-hybridized carbons (Fsp3) is 0.133. The lowest BCUT2D eigenvalue weighted by Gasteiger charge is -2.08. The summed E-state index contributed by atoms with van der Waals surface area (Å²) >= 11 is 0. The Morgan fingerprint density at radius 2 is 2.00 bits per heavy atom. The van der Waals surface area contributed by atoms with Crippen LogP contribution in [0, 0.1) is 18.3 Å². The average Bonchev–Trinajstić information content (AvgIpc) is 2.45. The highest BCUT2D eigenvalue weighted by Crippen LogP contribution is 2.15. The van der Waals surface area contributed by atoms with Crippen LogP contribution in [0.4, 0.5) is 5.69 Å². The van der Waals surface area contributed by atoms with Crippen molar-refractivity contribution in [3.05, 3.63) is 59.2 Å². The molecule has 5 nitrogen and oxygen atoms in total. The molecule has 0 unspecified atom stereocenters. The zero-order valence-corrected chi connectivity index (χ0v) is 12.3. The van der Waals surface area contributed by atoms with Gasteiger partial charge in [0.1, 0.15) is 0 Å². The van der Waals surface area contributed by atoms with Gasteiger partial charge in [0.15, 0.2) is 0 Å². The number of benzene rings is 2. The molecule has 0 heterocycles. The van der Waals surface area contributed by atoms with Gasteiger partial charge in [-0.05, 0) is 48.4 Å². The van der Waals surface area contributed by atoms with Gasteiger partial charge in [0.25, 0.3) is 0 Å². The molecule has 0 fully saturated rings. The summed E-state index contributed by atoms with van der Waals surface area (Å²) in [6.07, 6.45) is 0. The molecule has 0 saturated carbocycles. The van der Waals surface area contributed by atoms with Crippen molar-refractivity contribution in [2.45, 2.75) is 18.4 Å². The maximum Gasteiger partial charge on any atom is 0.240 e. The first-order valence-corrected chi connectivity index (χ1v) is 7.75. The Labute approximate surface area is 124 Å². The summed E-state index contributed by atoms with van der Waals surface area (Å²) in [5.74, 6) is 0. The van der Waals surface area contributed by atoms with Gasteiger partial charge >= 0.3 is 0 Å². The van der Waals surface area contributed by atoms with E-state index >= 15 is 0 Å². The third-order valence-corrected chi connectivity index (χ3v) is 4.44. The Balaban J connectivity index is 2.19. The number of nitrogen functional groups attached to an aromatic ring is 1. The van der Waals surface area contributed by atoms with E-state index in [1.54, 1.807) is 31.2 Å². The van der Waals surface area contributed by atoms with E-state index in [0.29, 0.717) is 16.8 Å². The van der Waals surface area contributed by atoms with Crippen LogP contribution in [0.15, 0.2) is 47.4 Å². The number of nitriles is 1. The zero-order chi connectivity index (χ0) is 15.5. The molecule has 0 aliphatic heterocycles. The molecule has 0 aromatic heterocycles. The number of anilines is 1. The normalized spacial score (nSPS) is 11.0. The molecule has 21 heavy (non-hydrogen) atoms. The SMILES string of the molecule is Cc1cc(S(=O)(=O)NCc2cccc(N)c2)ccc1C#N. The summed E-state index contributed by atoms with van der Waals surface area (Å²) in [5, 5.41) is 8.86. The van der Waals surface area contributed by atoms with Crippen LogP contribution in [0.25, 0.3) is 0 Å². The van der Waals surface area contributed by atoms with E-state index in [2.05, 4.69) is 4.72 Å². The molecule has 0 amide bonds. The second-order valence-corrected chi connectivity index (χ2v) is 6.43. The van der Waals surface area contributed by atoms with Crippen LogP contribution in [-0.2, 0) is 16.6 Å². The molecule has 0 saturated heterocycles. The lowest BCUT2D eigenvalue weighted by atomic mass is 10.1. The Hall–Kier alpha value is -2.36. The smallest absolute Gasteiger partial charge is 0.240 e. The Bertz CT molecular complexity index is 808. The van der Waals surface area contributed by atoms with Crippen LogP contribution in [0.2, 0.25) is 0 Å². The highest BCUT2D eigenvalue weighted by atomic mass is 32.2. The molecule has 0 spiro atoms. The number of aryl methyl sites for hydroxylation is 1. The lowest BCUT2D eigenvalue weighted by molar-refractivity contribution is 0.581. The minimum Gasteiger partial charge on any atom is -0.399 e. The second-order valence-electron chi connectivity index (χ2n) is 4.66. The van der Waals surface area contributed by atoms with E-state index in [0.717, 1.165) is 5.56 Å². The Morgan fingerprint density at radius 1 is 1.24 bits per heavy atom. The molecule has 0 atom stereocenters. The maximum atomic E-state index is 12.2. The van der Waals surface area contributed by atoms with Gasteiger partial charge in [-0.3, -0.25) is 0 Å². The van der Waals surface area contributed by atoms with Crippen molar-refractivity contribution in [1.29, 1.82) is 5.26 Å². The Morgan fingerprint density at radius 3 is 2.62 bits per heavy atom. The number of nitrogens with one attached hydrogen (secondary N) is 1. The first-order chi connectivity index (χ1) is 9.92. The quantitative estimate of drug-likeness (QED) is 0.843. The minimum atomic E-state index is -3.62. The van der Waals surface area contributed by atoms with Gasteiger partial charge in [0.2, 0.25) is 10.0 Å². The molecule has 2 aromatic carbocycles. The van der Waals surface area contributed by atoms with Crippen LogP contribution in [-0.4, -0.2) is 8.42 Å². The van der Waals surface area contributed by atoms with Gasteiger partial charge in [-0.1, -0.05) is 12.1 Å². The van der Waals surface area contributed by atoms with Crippen LogP contribution >= 0.6 is 0 Å². The molecular formula is C15H15N3O2S. The van der Waals surface area contributed by atoms with Gasteiger partial charge in [-0.2, -0.15) is 5.26 Å².